The number of nitrogens with zero attached hydrogens (tertiary/aromatic N) is 1. The summed E-state index contributed by atoms with van der Waals surface area (Å²) >= 11 is 0. The van der Waals surface area contributed by atoms with Crippen LogP contribution in [0.5, 0.6) is 0 Å². The van der Waals surface area contributed by atoms with Gasteiger partial charge in [-0.05, 0) is 31.1 Å². The number of ether oxygens (including phenoxy) is 1. The Hall–Kier alpha value is -2.50. The molecule has 1 aromatic rings. The van der Waals surface area contributed by atoms with Crippen molar-refractivity contribution in [2.45, 2.75) is 12.8 Å². The topological polar surface area (TPSA) is 63.7 Å². The van der Waals surface area contributed by atoms with Crippen molar-refractivity contribution in [1.29, 1.82) is 0 Å². The molecule has 0 atom stereocenters. The van der Waals surface area contributed by atoms with Crippen molar-refractivity contribution in [1.82, 2.24) is 4.90 Å². The van der Waals surface area contributed by atoms with E-state index in [1.165, 1.54) is 0 Å². The summed E-state index contributed by atoms with van der Waals surface area (Å²) in [5.41, 5.74) is 0.776. The largest absolute Gasteiger partial charge is 0.464 e. The number of carbonyl (C=O) groups is 3. The molecule has 110 valence electrons. The van der Waals surface area contributed by atoms with E-state index in [1.54, 1.807) is 24.3 Å². The standard InChI is InChI=1S/C15H14FNO4/c1-21-15(20)12(16)8-4-5-9-17-13(18)10-6-2-3-7-11(10)14(17)19/h2-3,6-8H,4-5,9H2,1H3/b12-8-. The zero-order valence-corrected chi connectivity index (χ0v) is 11.5. The predicted octanol–water partition coefficient (Wildman–Crippen LogP) is 2.09. The summed E-state index contributed by atoms with van der Waals surface area (Å²) in [5, 5.41) is 0. The lowest BCUT2D eigenvalue weighted by Crippen LogP contribution is -2.30. The molecule has 0 radical (unpaired) electrons. The molecule has 0 spiro atoms. The average Bonchev–Trinajstić information content (AvgIpc) is 2.75. The van der Waals surface area contributed by atoms with Crippen LogP contribution in [0, 0.1) is 0 Å². The van der Waals surface area contributed by atoms with Crippen molar-refractivity contribution in [2.75, 3.05) is 13.7 Å². The molecule has 0 saturated heterocycles. The Morgan fingerprint density at radius 2 is 1.81 bits per heavy atom. The third-order valence-corrected chi connectivity index (χ3v) is 3.17. The number of allylic oxidation sites excluding steroid dienone is 1. The number of rotatable bonds is 5. The quantitative estimate of drug-likeness (QED) is 0.361. The smallest absolute Gasteiger partial charge is 0.366 e. The van der Waals surface area contributed by atoms with Crippen LogP contribution in [-0.4, -0.2) is 36.3 Å². The summed E-state index contributed by atoms with van der Waals surface area (Å²) < 4.78 is 17.3. The predicted molar refractivity (Wildman–Crippen MR) is 72.3 cm³/mol. The van der Waals surface area contributed by atoms with Crippen molar-refractivity contribution in [3.05, 3.63) is 47.3 Å². The monoisotopic (exact) mass is 291 g/mol. The maximum Gasteiger partial charge on any atom is 0.366 e. The van der Waals surface area contributed by atoms with E-state index in [2.05, 4.69) is 4.74 Å². The molecule has 21 heavy (non-hydrogen) atoms. The number of amides is 2. The van der Waals surface area contributed by atoms with Crippen LogP contribution in [0.3, 0.4) is 0 Å². The maximum atomic E-state index is 13.1. The summed E-state index contributed by atoms with van der Waals surface area (Å²) in [5.74, 6) is -2.68. The SMILES string of the molecule is COC(=O)/C(F)=C/CCCN1C(=O)c2ccccc2C1=O. The number of esters is 1. The van der Waals surface area contributed by atoms with Crippen molar-refractivity contribution in [3.63, 3.8) is 0 Å². The fourth-order valence-corrected chi connectivity index (χ4v) is 2.10. The van der Waals surface area contributed by atoms with Gasteiger partial charge in [-0.3, -0.25) is 14.5 Å². The van der Waals surface area contributed by atoms with E-state index < -0.39 is 11.8 Å². The van der Waals surface area contributed by atoms with Gasteiger partial charge >= 0.3 is 5.97 Å². The first-order valence-corrected chi connectivity index (χ1v) is 6.45. The fraction of sp³-hybridized carbons (Fsp3) is 0.267. The van der Waals surface area contributed by atoms with Gasteiger partial charge in [0.05, 0.1) is 18.2 Å². The number of hydrogen-bond donors (Lipinski definition) is 0. The lowest BCUT2D eigenvalue weighted by molar-refractivity contribution is -0.137. The molecule has 1 aliphatic heterocycles. The van der Waals surface area contributed by atoms with E-state index in [0.29, 0.717) is 17.5 Å². The van der Waals surface area contributed by atoms with E-state index in [1.807, 2.05) is 0 Å². The van der Waals surface area contributed by atoms with Crippen LogP contribution < -0.4 is 0 Å². The molecule has 0 unspecified atom stereocenters. The highest BCUT2D eigenvalue weighted by atomic mass is 19.1. The summed E-state index contributed by atoms with van der Waals surface area (Å²) in [6.45, 7) is 0.178. The number of carbonyl (C=O) groups excluding carboxylic acids is 3. The second-order valence-electron chi connectivity index (χ2n) is 4.49. The zero-order chi connectivity index (χ0) is 15.4. The highest BCUT2D eigenvalue weighted by molar-refractivity contribution is 6.21. The van der Waals surface area contributed by atoms with Gasteiger partial charge in [0.25, 0.3) is 11.8 Å². The van der Waals surface area contributed by atoms with Crippen molar-refractivity contribution < 1.29 is 23.5 Å². The molecule has 0 aromatic heterocycles. The Labute approximate surface area is 121 Å². The normalized spacial score (nSPS) is 14.4. The van der Waals surface area contributed by atoms with Gasteiger partial charge in [0.1, 0.15) is 0 Å². The average molecular weight is 291 g/mol. The van der Waals surface area contributed by atoms with Crippen LogP contribution in [0.25, 0.3) is 0 Å². The minimum absolute atomic E-state index is 0.178. The first-order chi connectivity index (χ1) is 10.1. The fourth-order valence-electron chi connectivity index (χ4n) is 2.10. The van der Waals surface area contributed by atoms with E-state index >= 15 is 0 Å². The highest BCUT2D eigenvalue weighted by Crippen LogP contribution is 2.22. The van der Waals surface area contributed by atoms with Gasteiger partial charge in [-0.2, -0.15) is 4.39 Å². The third-order valence-electron chi connectivity index (χ3n) is 3.17. The van der Waals surface area contributed by atoms with Gasteiger partial charge < -0.3 is 4.74 Å². The molecule has 0 N–H and O–H groups in total. The Morgan fingerprint density at radius 1 is 1.24 bits per heavy atom. The molecule has 1 aromatic carbocycles. The Kier molecular flexibility index (Phi) is 4.47. The molecule has 0 aliphatic carbocycles. The summed E-state index contributed by atoms with van der Waals surface area (Å²) in [4.78, 5) is 36.0. The third kappa shape index (κ3) is 2.99. The maximum absolute atomic E-state index is 13.1. The van der Waals surface area contributed by atoms with Crippen LogP contribution in [0.2, 0.25) is 0 Å². The van der Waals surface area contributed by atoms with E-state index in [-0.39, 0.29) is 24.8 Å². The van der Waals surface area contributed by atoms with E-state index in [0.717, 1.165) is 18.1 Å². The zero-order valence-electron chi connectivity index (χ0n) is 11.5. The molecule has 1 heterocycles. The van der Waals surface area contributed by atoms with Crippen LogP contribution >= 0.6 is 0 Å². The first-order valence-electron chi connectivity index (χ1n) is 6.45. The number of hydrogen-bond acceptors (Lipinski definition) is 4. The number of unbranched alkanes of at least 4 members (excludes halogenated alkanes) is 1. The molecular formula is C15H14FNO4. The van der Waals surface area contributed by atoms with Crippen molar-refractivity contribution in [3.8, 4) is 0 Å². The van der Waals surface area contributed by atoms with Gasteiger partial charge in [-0.1, -0.05) is 12.1 Å². The summed E-state index contributed by atoms with van der Waals surface area (Å²) in [7, 11) is 1.09. The molecule has 0 fully saturated rings. The highest BCUT2D eigenvalue weighted by Gasteiger charge is 2.34. The van der Waals surface area contributed by atoms with Crippen molar-refractivity contribution in [2.24, 2.45) is 0 Å². The number of benzene rings is 1. The second-order valence-corrected chi connectivity index (χ2v) is 4.49. The Bertz CT molecular complexity index is 589. The molecule has 2 amide bonds. The number of halogens is 1. The van der Waals surface area contributed by atoms with Crippen LogP contribution in [0.4, 0.5) is 4.39 Å². The molecule has 0 saturated carbocycles. The molecule has 1 aliphatic rings. The minimum Gasteiger partial charge on any atom is -0.464 e. The number of imide groups is 1. The van der Waals surface area contributed by atoms with E-state index in [9.17, 15) is 18.8 Å². The van der Waals surface area contributed by atoms with Crippen molar-refractivity contribution >= 4 is 17.8 Å². The second kappa shape index (κ2) is 6.30. The van der Waals surface area contributed by atoms with Crippen LogP contribution in [0.15, 0.2) is 36.2 Å². The Balaban J connectivity index is 1.93. The molecule has 5 nitrogen and oxygen atoms in total. The summed E-state index contributed by atoms with van der Waals surface area (Å²) in [6.07, 6.45) is 1.69. The number of methoxy groups -OCH3 is 1. The van der Waals surface area contributed by atoms with Gasteiger partial charge in [0.2, 0.25) is 5.83 Å². The lowest BCUT2D eigenvalue weighted by Gasteiger charge is -2.12. The minimum atomic E-state index is -1.03. The number of fused-ring (bicyclic) bond motifs is 1. The first kappa shape index (κ1) is 14.9. The van der Waals surface area contributed by atoms with Gasteiger partial charge in [0, 0.05) is 6.54 Å². The lowest BCUT2D eigenvalue weighted by atomic mass is 10.1. The Morgan fingerprint density at radius 3 is 2.33 bits per heavy atom. The molecular weight excluding hydrogens is 277 g/mol. The van der Waals surface area contributed by atoms with E-state index in [4.69, 9.17) is 0 Å². The van der Waals surface area contributed by atoms with Crippen LogP contribution in [-0.2, 0) is 9.53 Å². The molecule has 2 rings (SSSR count). The molecule has 6 heteroatoms. The van der Waals surface area contributed by atoms with Crippen LogP contribution in [0.1, 0.15) is 33.6 Å². The van der Waals surface area contributed by atoms with Gasteiger partial charge in [0.15, 0.2) is 0 Å². The van der Waals surface area contributed by atoms with Gasteiger partial charge in [-0.25, -0.2) is 4.79 Å². The molecule has 0 bridgehead atoms. The summed E-state index contributed by atoms with van der Waals surface area (Å²) in [6, 6.07) is 6.60. The van der Waals surface area contributed by atoms with Gasteiger partial charge in [-0.15, -0.1) is 0 Å².